The Kier molecular flexibility index (Phi) is 5.79. The predicted molar refractivity (Wildman–Crippen MR) is 131 cm³/mol. The van der Waals surface area contributed by atoms with E-state index in [2.05, 4.69) is 27.6 Å². The minimum atomic E-state index is -0.348. The monoisotopic (exact) mass is 495 g/mol. The standard InChI is InChI=1S/C24H29N7O3S/c1-14(15-2-3-15)26-20-12-19(28-21(29-20)18-13-25-31-10-11-35-23(18)31)22(32)30-8-6-16(7-9-30)27-24(33)34-17-4-5-17/h10-17H,2-9H2,1H3,(H,27,33)(H,26,28,29). The number of aromatic nitrogens is 4. The molecule has 3 aromatic rings. The molecule has 0 bridgehead atoms. The van der Waals surface area contributed by atoms with Crippen molar-refractivity contribution in [3.05, 3.63) is 29.5 Å². The number of nitrogens with zero attached hydrogens (tertiary/aromatic N) is 5. The van der Waals surface area contributed by atoms with Crippen LogP contribution in [0.3, 0.4) is 0 Å². The molecule has 0 spiro atoms. The quantitative estimate of drug-likeness (QED) is 0.515. The van der Waals surface area contributed by atoms with Crippen LogP contribution in [0, 0.1) is 5.92 Å². The van der Waals surface area contributed by atoms with Gasteiger partial charge in [-0.15, -0.1) is 11.3 Å². The molecular weight excluding hydrogens is 466 g/mol. The lowest BCUT2D eigenvalue weighted by Crippen LogP contribution is -2.47. The highest BCUT2D eigenvalue weighted by Gasteiger charge is 2.31. The molecule has 1 unspecified atom stereocenters. The molecule has 2 N–H and O–H groups in total. The van der Waals surface area contributed by atoms with Crippen LogP contribution in [0.25, 0.3) is 16.2 Å². The van der Waals surface area contributed by atoms with Crippen LogP contribution in [0.2, 0.25) is 0 Å². The van der Waals surface area contributed by atoms with E-state index in [4.69, 9.17) is 9.72 Å². The Hall–Kier alpha value is -3.21. The summed E-state index contributed by atoms with van der Waals surface area (Å²) in [6, 6.07) is 2.06. The van der Waals surface area contributed by atoms with Crippen molar-refractivity contribution in [2.45, 2.75) is 63.6 Å². The van der Waals surface area contributed by atoms with Crippen LogP contribution in [0.4, 0.5) is 10.6 Å². The number of hydrogen-bond acceptors (Lipinski definition) is 8. The zero-order valence-corrected chi connectivity index (χ0v) is 20.5. The molecule has 35 heavy (non-hydrogen) atoms. The molecule has 4 heterocycles. The molecule has 2 aliphatic carbocycles. The summed E-state index contributed by atoms with van der Waals surface area (Å²) in [6.07, 6.45) is 9.10. The van der Waals surface area contributed by atoms with Crippen LogP contribution < -0.4 is 10.6 Å². The molecule has 3 aromatic heterocycles. The maximum absolute atomic E-state index is 13.5. The SMILES string of the molecule is CC(Nc1cc(C(=O)N2CCC(NC(=O)OC3CC3)CC2)nc(-c2cnn3ccsc23)n1)C1CC1. The highest BCUT2D eigenvalue weighted by Crippen LogP contribution is 2.34. The van der Waals surface area contributed by atoms with E-state index in [1.165, 1.54) is 12.8 Å². The number of ether oxygens (including phenoxy) is 1. The maximum atomic E-state index is 13.5. The minimum Gasteiger partial charge on any atom is -0.446 e. The van der Waals surface area contributed by atoms with E-state index in [0.29, 0.717) is 49.2 Å². The number of carbonyl (C=O) groups excluding carboxylic acids is 2. The van der Waals surface area contributed by atoms with Crippen molar-refractivity contribution < 1.29 is 14.3 Å². The van der Waals surface area contributed by atoms with Gasteiger partial charge in [-0.1, -0.05) is 0 Å². The van der Waals surface area contributed by atoms with Crippen molar-refractivity contribution >= 4 is 34.0 Å². The Balaban J connectivity index is 1.19. The lowest BCUT2D eigenvalue weighted by molar-refractivity contribution is 0.0695. The van der Waals surface area contributed by atoms with E-state index in [1.54, 1.807) is 28.1 Å². The maximum Gasteiger partial charge on any atom is 0.407 e. The van der Waals surface area contributed by atoms with E-state index < -0.39 is 0 Å². The van der Waals surface area contributed by atoms with Gasteiger partial charge in [-0.25, -0.2) is 19.3 Å². The highest BCUT2D eigenvalue weighted by molar-refractivity contribution is 7.16. The highest BCUT2D eigenvalue weighted by atomic mass is 32.1. The number of nitrogens with one attached hydrogen (secondary N) is 2. The van der Waals surface area contributed by atoms with Crippen LogP contribution in [0.15, 0.2) is 23.8 Å². The number of fused-ring (bicyclic) bond motifs is 1. The number of rotatable bonds is 7. The van der Waals surface area contributed by atoms with E-state index in [0.717, 1.165) is 23.2 Å². The second-order valence-corrected chi connectivity index (χ2v) is 10.7. The molecule has 0 aromatic carbocycles. The Morgan fingerprint density at radius 3 is 2.69 bits per heavy atom. The lowest BCUT2D eigenvalue weighted by atomic mass is 10.0. The molecule has 11 heteroatoms. The van der Waals surface area contributed by atoms with Gasteiger partial charge >= 0.3 is 6.09 Å². The second kappa shape index (κ2) is 9.10. The molecular formula is C24H29N7O3S. The number of alkyl carbamates (subject to hydrolysis) is 1. The Morgan fingerprint density at radius 2 is 1.94 bits per heavy atom. The minimum absolute atomic E-state index is 0.0161. The molecule has 1 atom stereocenters. The molecule has 2 saturated carbocycles. The van der Waals surface area contributed by atoms with Crippen LogP contribution >= 0.6 is 11.3 Å². The van der Waals surface area contributed by atoms with Crippen molar-refractivity contribution in [3.63, 3.8) is 0 Å². The lowest BCUT2D eigenvalue weighted by Gasteiger charge is -2.32. The van der Waals surface area contributed by atoms with Crippen LogP contribution in [-0.2, 0) is 4.74 Å². The Labute approximate surface area is 207 Å². The summed E-state index contributed by atoms with van der Waals surface area (Å²) in [4.78, 5) is 37.6. The summed E-state index contributed by atoms with van der Waals surface area (Å²) < 4.78 is 7.08. The molecule has 3 fully saturated rings. The van der Waals surface area contributed by atoms with Crippen LogP contribution in [0.1, 0.15) is 55.9 Å². The van der Waals surface area contributed by atoms with Gasteiger partial charge in [0.25, 0.3) is 5.91 Å². The molecule has 2 amide bonds. The third kappa shape index (κ3) is 4.95. The van der Waals surface area contributed by atoms with Crippen molar-refractivity contribution in [1.29, 1.82) is 0 Å². The first-order chi connectivity index (χ1) is 17.0. The van der Waals surface area contributed by atoms with E-state index in [9.17, 15) is 9.59 Å². The van der Waals surface area contributed by atoms with Gasteiger partial charge in [0.2, 0.25) is 0 Å². The fourth-order valence-electron chi connectivity index (χ4n) is 4.51. The zero-order chi connectivity index (χ0) is 23.9. The number of piperidine rings is 1. The van der Waals surface area contributed by atoms with Crippen molar-refractivity contribution in [3.8, 4) is 11.4 Å². The Morgan fingerprint density at radius 1 is 1.14 bits per heavy atom. The van der Waals surface area contributed by atoms with Crippen molar-refractivity contribution in [2.24, 2.45) is 5.92 Å². The van der Waals surface area contributed by atoms with Gasteiger partial charge < -0.3 is 20.3 Å². The van der Waals surface area contributed by atoms with Crippen LogP contribution in [-0.4, -0.2) is 67.8 Å². The summed E-state index contributed by atoms with van der Waals surface area (Å²) in [5, 5.41) is 12.8. The summed E-state index contributed by atoms with van der Waals surface area (Å²) in [5.41, 5.74) is 1.19. The Bertz CT molecular complexity index is 1240. The van der Waals surface area contributed by atoms with E-state index in [-0.39, 0.29) is 30.2 Å². The molecule has 184 valence electrons. The summed E-state index contributed by atoms with van der Waals surface area (Å²) in [5.74, 6) is 1.68. The largest absolute Gasteiger partial charge is 0.446 e. The number of anilines is 1. The van der Waals surface area contributed by atoms with E-state index >= 15 is 0 Å². The summed E-state index contributed by atoms with van der Waals surface area (Å²) in [7, 11) is 0. The average Bonchev–Trinajstić information content (AvgIpc) is 3.77. The number of hydrogen-bond donors (Lipinski definition) is 2. The molecule has 1 aliphatic heterocycles. The first-order valence-corrected chi connectivity index (χ1v) is 13.2. The molecule has 1 saturated heterocycles. The summed E-state index contributed by atoms with van der Waals surface area (Å²) in [6.45, 7) is 3.26. The number of carbonyl (C=O) groups is 2. The van der Waals surface area contributed by atoms with Gasteiger partial charge in [0, 0.05) is 42.8 Å². The summed E-state index contributed by atoms with van der Waals surface area (Å²) >= 11 is 1.56. The molecule has 10 nitrogen and oxygen atoms in total. The third-order valence-electron chi connectivity index (χ3n) is 6.92. The van der Waals surface area contributed by atoms with Gasteiger partial charge in [-0.05, 0) is 51.4 Å². The van der Waals surface area contributed by atoms with Gasteiger partial charge in [0.1, 0.15) is 22.4 Å². The average molecular weight is 496 g/mol. The van der Waals surface area contributed by atoms with Gasteiger partial charge in [-0.2, -0.15) is 5.10 Å². The topological polar surface area (TPSA) is 114 Å². The zero-order valence-electron chi connectivity index (χ0n) is 19.6. The van der Waals surface area contributed by atoms with Crippen LogP contribution in [0.5, 0.6) is 0 Å². The number of likely N-dealkylation sites (tertiary alicyclic amines) is 1. The number of thiazole rings is 1. The van der Waals surface area contributed by atoms with E-state index in [1.807, 2.05) is 16.5 Å². The molecule has 6 rings (SSSR count). The number of amides is 2. The molecule has 0 radical (unpaired) electrons. The third-order valence-corrected chi connectivity index (χ3v) is 7.81. The van der Waals surface area contributed by atoms with Gasteiger partial charge in [-0.3, -0.25) is 4.79 Å². The first-order valence-electron chi connectivity index (χ1n) is 12.4. The normalized spacial score (nSPS) is 19.5. The smallest absolute Gasteiger partial charge is 0.407 e. The van der Waals surface area contributed by atoms with Crippen molar-refractivity contribution in [2.75, 3.05) is 18.4 Å². The fourth-order valence-corrected chi connectivity index (χ4v) is 5.30. The van der Waals surface area contributed by atoms with Crippen molar-refractivity contribution in [1.82, 2.24) is 29.8 Å². The van der Waals surface area contributed by atoms with Gasteiger partial charge in [0.15, 0.2) is 5.82 Å². The fraction of sp³-hybridized carbons (Fsp3) is 0.542. The molecule has 3 aliphatic rings. The van der Waals surface area contributed by atoms with Gasteiger partial charge in [0.05, 0.1) is 11.8 Å². The second-order valence-electron chi connectivity index (χ2n) is 9.76. The predicted octanol–water partition coefficient (Wildman–Crippen LogP) is 3.56. The first kappa shape index (κ1) is 22.3.